The molecule has 0 radical (unpaired) electrons. The molecule has 3 unspecified atom stereocenters. The molecule has 0 amide bonds. The maximum absolute atomic E-state index is 13.6. The molecule has 1 N–H and O–H groups in total. The molecule has 1 aliphatic heterocycles. The molecule has 1 heterocycles. The second kappa shape index (κ2) is 10.9. The highest BCUT2D eigenvalue weighted by Crippen LogP contribution is 2.68. The summed E-state index contributed by atoms with van der Waals surface area (Å²) in [6.07, 6.45) is -1.92. The number of benzene rings is 3. The Morgan fingerprint density at radius 1 is 0.682 bits per heavy atom. The third-order valence-electron chi connectivity index (χ3n) is 10.1. The summed E-state index contributed by atoms with van der Waals surface area (Å²) < 4.78 is 25.8. The molecule has 3 aliphatic rings. The first-order valence-electron chi connectivity index (χ1n) is 15.1. The van der Waals surface area contributed by atoms with Gasteiger partial charge in [-0.3, -0.25) is 0 Å². The average Bonchev–Trinajstić information content (AvgIpc) is 3.20. The Morgan fingerprint density at radius 2 is 1.11 bits per heavy atom. The van der Waals surface area contributed by atoms with Crippen molar-refractivity contribution in [1.82, 2.24) is 0 Å². The Morgan fingerprint density at radius 3 is 1.59 bits per heavy atom. The molecule has 3 aromatic rings. The highest BCUT2D eigenvalue weighted by molar-refractivity contribution is 5.91. The van der Waals surface area contributed by atoms with E-state index < -0.39 is 64.4 Å². The van der Waals surface area contributed by atoms with Crippen LogP contribution in [0.1, 0.15) is 78.0 Å². The van der Waals surface area contributed by atoms with Gasteiger partial charge in [0.25, 0.3) is 0 Å². The zero-order valence-electron chi connectivity index (χ0n) is 25.4. The SMILES string of the molecule is CC1(C)O[C@]23C(OC(=O)c4ccccc4)[C@H]1CC(OC(=O)c1ccccc1)[C@]2(C)C(OC(=O)c1ccccc1)CC[C@]3(C)O. The molecule has 1 saturated heterocycles. The molecule has 8 heteroatoms. The smallest absolute Gasteiger partial charge is 0.338 e. The van der Waals surface area contributed by atoms with Gasteiger partial charge in [-0.1, -0.05) is 54.6 Å². The summed E-state index contributed by atoms with van der Waals surface area (Å²) in [6.45, 7) is 7.29. The minimum atomic E-state index is -1.60. The fourth-order valence-corrected chi connectivity index (χ4v) is 7.89. The van der Waals surface area contributed by atoms with Gasteiger partial charge in [0.1, 0.15) is 23.9 Å². The minimum Gasteiger partial charge on any atom is -0.458 e. The largest absolute Gasteiger partial charge is 0.458 e. The van der Waals surface area contributed by atoms with Crippen LogP contribution in [0.15, 0.2) is 91.0 Å². The van der Waals surface area contributed by atoms with E-state index in [0.29, 0.717) is 16.7 Å². The van der Waals surface area contributed by atoms with Crippen LogP contribution in [0.2, 0.25) is 0 Å². The number of aliphatic hydroxyl groups is 1. The highest BCUT2D eigenvalue weighted by Gasteiger charge is 2.82. The van der Waals surface area contributed by atoms with E-state index in [-0.39, 0.29) is 19.3 Å². The molecule has 230 valence electrons. The third kappa shape index (κ3) is 4.63. The van der Waals surface area contributed by atoms with Crippen LogP contribution in [-0.2, 0) is 18.9 Å². The number of carbonyl (C=O) groups excluding carboxylic acids is 3. The Hall–Kier alpha value is -4.01. The quantitative estimate of drug-likeness (QED) is 0.281. The van der Waals surface area contributed by atoms with Crippen LogP contribution in [0, 0.1) is 11.3 Å². The van der Waals surface area contributed by atoms with Crippen molar-refractivity contribution in [2.24, 2.45) is 11.3 Å². The van der Waals surface area contributed by atoms with Crippen molar-refractivity contribution in [3.05, 3.63) is 108 Å². The molecule has 44 heavy (non-hydrogen) atoms. The fraction of sp³-hybridized carbons (Fsp3) is 0.417. The van der Waals surface area contributed by atoms with E-state index in [1.165, 1.54) is 0 Å². The lowest BCUT2D eigenvalue weighted by Crippen LogP contribution is -2.79. The number of rotatable bonds is 6. The van der Waals surface area contributed by atoms with E-state index in [1.54, 1.807) is 79.7 Å². The number of hydrogen-bond acceptors (Lipinski definition) is 8. The van der Waals surface area contributed by atoms with Crippen molar-refractivity contribution in [3.8, 4) is 0 Å². The van der Waals surface area contributed by atoms with Crippen LogP contribution in [0.5, 0.6) is 0 Å². The molecular formula is C36H38O8. The Labute approximate surface area is 257 Å². The fourth-order valence-electron chi connectivity index (χ4n) is 7.89. The van der Waals surface area contributed by atoms with Gasteiger partial charge in [0.2, 0.25) is 0 Å². The van der Waals surface area contributed by atoms with E-state index >= 15 is 0 Å². The second-order valence-corrected chi connectivity index (χ2v) is 13.1. The van der Waals surface area contributed by atoms with E-state index in [0.717, 1.165) is 0 Å². The first-order chi connectivity index (χ1) is 20.9. The molecule has 1 spiro atoms. The van der Waals surface area contributed by atoms with Gasteiger partial charge in [-0.05, 0) is 83.4 Å². The van der Waals surface area contributed by atoms with Gasteiger partial charge in [-0.25, -0.2) is 14.4 Å². The van der Waals surface area contributed by atoms with Gasteiger partial charge in [-0.15, -0.1) is 0 Å². The molecular weight excluding hydrogens is 560 g/mol. The van der Waals surface area contributed by atoms with Crippen molar-refractivity contribution >= 4 is 17.9 Å². The summed E-state index contributed by atoms with van der Waals surface area (Å²) in [5.74, 6) is -2.09. The lowest BCUT2D eigenvalue weighted by molar-refractivity contribution is -0.324. The maximum Gasteiger partial charge on any atom is 0.338 e. The minimum absolute atomic E-state index is 0.191. The van der Waals surface area contributed by atoms with E-state index in [9.17, 15) is 19.5 Å². The lowest BCUT2D eigenvalue weighted by atomic mass is 9.47. The Kier molecular flexibility index (Phi) is 7.41. The number of carbonyl (C=O) groups is 3. The molecule has 3 fully saturated rings. The van der Waals surface area contributed by atoms with E-state index in [2.05, 4.69) is 0 Å². The zero-order valence-corrected chi connectivity index (χ0v) is 25.4. The first-order valence-corrected chi connectivity index (χ1v) is 15.1. The van der Waals surface area contributed by atoms with Crippen LogP contribution in [0.3, 0.4) is 0 Å². The van der Waals surface area contributed by atoms with Crippen LogP contribution >= 0.6 is 0 Å². The highest BCUT2D eigenvalue weighted by atomic mass is 16.6. The summed E-state index contributed by atoms with van der Waals surface area (Å²) in [5, 5.41) is 12.3. The Balaban J connectivity index is 1.47. The first kappa shape index (κ1) is 30.0. The van der Waals surface area contributed by atoms with Crippen molar-refractivity contribution < 1.29 is 38.4 Å². The topological polar surface area (TPSA) is 108 Å². The monoisotopic (exact) mass is 598 g/mol. The number of esters is 3. The summed E-state index contributed by atoms with van der Waals surface area (Å²) in [4.78, 5) is 40.6. The second-order valence-electron chi connectivity index (χ2n) is 13.1. The van der Waals surface area contributed by atoms with Crippen molar-refractivity contribution in [2.45, 2.75) is 82.1 Å². The molecule has 6 rings (SSSR count). The van der Waals surface area contributed by atoms with Crippen LogP contribution in [0.25, 0.3) is 0 Å². The predicted molar refractivity (Wildman–Crippen MR) is 161 cm³/mol. The van der Waals surface area contributed by atoms with Gasteiger partial charge in [0.05, 0.1) is 33.3 Å². The predicted octanol–water partition coefficient (Wildman–Crippen LogP) is 5.78. The van der Waals surface area contributed by atoms with Crippen molar-refractivity contribution in [1.29, 1.82) is 0 Å². The zero-order chi connectivity index (χ0) is 31.3. The van der Waals surface area contributed by atoms with Gasteiger partial charge >= 0.3 is 17.9 Å². The Bertz CT molecular complexity index is 1540. The van der Waals surface area contributed by atoms with E-state index in [4.69, 9.17) is 18.9 Å². The summed E-state index contributed by atoms with van der Waals surface area (Å²) in [5.41, 5.74) is -4.27. The number of ether oxygens (including phenoxy) is 4. The van der Waals surface area contributed by atoms with Gasteiger partial charge < -0.3 is 24.1 Å². The standard InChI is InChI=1S/C36H38O8/c1-33(2)26-22-28(42-31(38)24-16-10-6-11-17-24)35(4)27(41-30(37)23-14-8-5-9-15-23)20-21-34(3,40)36(35,44-33)29(26)43-32(39)25-18-12-7-13-19-25/h5-19,26-29,40H,20-22H2,1-4H3/t26-,27?,28?,29?,34+,35+,36+/m1/s1. The van der Waals surface area contributed by atoms with Gasteiger partial charge in [0, 0.05) is 5.92 Å². The van der Waals surface area contributed by atoms with E-state index in [1.807, 2.05) is 39.0 Å². The summed E-state index contributed by atoms with van der Waals surface area (Å²) >= 11 is 0. The lowest BCUT2D eigenvalue weighted by Gasteiger charge is -2.64. The van der Waals surface area contributed by atoms with Crippen LogP contribution in [-0.4, -0.2) is 58.1 Å². The van der Waals surface area contributed by atoms with Gasteiger partial charge in [0.15, 0.2) is 0 Å². The summed E-state index contributed by atoms with van der Waals surface area (Å²) in [6, 6.07) is 26.0. The molecule has 2 aliphatic carbocycles. The van der Waals surface area contributed by atoms with Crippen molar-refractivity contribution in [2.75, 3.05) is 0 Å². The summed E-state index contributed by atoms with van der Waals surface area (Å²) in [7, 11) is 0. The normalized spacial score (nSPS) is 33.5. The molecule has 3 aromatic carbocycles. The van der Waals surface area contributed by atoms with Crippen molar-refractivity contribution in [3.63, 3.8) is 0 Å². The third-order valence-corrected chi connectivity index (χ3v) is 10.1. The number of fused-ring (bicyclic) bond motifs is 1. The molecule has 0 aromatic heterocycles. The number of hydrogen-bond donors (Lipinski definition) is 1. The van der Waals surface area contributed by atoms with Crippen LogP contribution in [0.4, 0.5) is 0 Å². The molecule has 2 saturated carbocycles. The average molecular weight is 599 g/mol. The van der Waals surface area contributed by atoms with Crippen LogP contribution < -0.4 is 0 Å². The molecule has 7 atom stereocenters. The van der Waals surface area contributed by atoms with Gasteiger partial charge in [-0.2, -0.15) is 0 Å². The molecule has 8 nitrogen and oxygen atoms in total. The molecule has 2 bridgehead atoms. The maximum atomic E-state index is 13.6.